The van der Waals surface area contributed by atoms with E-state index in [9.17, 15) is 4.79 Å². The van der Waals surface area contributed by atoms with Gasteiger partial charge in [-0.3, -0.25) is 4.79 Å². The van der Waals surface area contributed by atoms with Crippen LogP contribution in [0.15, 0.2) is 29.9 Å². The average Bonchev–Trinajstić information content (AvgIpc) is 2.88. The lowest BCUT2D eigenvalue weighted by Crippen LogP contribution is -2.07. The van der Waals surface area contributed by atoms with Crippen molar-refractivity contribution in [2.45, 2.75) is 19.3 Å². The summed E-state index contributed by atoms with van der Waals surface area (Å²) in [5, 5.41) is 2.07. The van der Waals surface area contributed by atoms with Crippen LogP contribution in [0.5, 0.6) is 0 Å². The molecular formula is C12H14N2OS. The van der Waals surface area contributed by atoms with Crippen LogP contribution >= 0.6 is 11.3 Å². The molecule has 4 heteroatoms. The molecule has 2 aromatic heterocycles. The van der Waals surface area contributed by atoms with Gasteiger partial charge >= 0.3 is 0 Å². The molecule has 0 saturated heterocycles. The Morgan fingerprint density at radius 1 is 1.56 bits per heavy atom. The maximum Gasteiger partial charge on any atom is 0.198 e. The molecule has 0 radical (unpaired) electrons. The minimum absolute atomic E-state index is 0.129. The topological polar surface area (TPSA) is 34.9 Å². The van der Waals surface area contributed by atoms with E-state index in [1.807, 2.05) is 13.1 Å². The molecule has 0 aliphatic carbocycles. The number of carbonyl (C=O) groups excluding carboxylic acids is 1. The van der Waals surface area contributed by atoms with Crippen LogP contribution < -0.4 is 0 Å². The van der Waals surface area contributed by atoms with Crippen LogP contribution in [0.2, 0.25) is 0 Å². The fraction of sp³-hybridized carbons (Fsp3) is 0.333. The average molecular weight is 234 g/mol. The Kier molecular flexibility index (Phi) is 3.51. The largest absolute Gasteiger partial charge is 0.332 e. The summed E-state index contributed by atoms with van der Waals surface area (Å²) in [6.45, 7) is 0. The molecule has 0 amide bonds. The van der Waals surface area contributed by atoms with E-state index in [2.05, 4.69) is 16.4 Å². The van der Waals surface area contributed by atoms with Crippen LogP contribution in [0.3, 0.4) is 0 Å². The van der Waals surface area contributed by atoms with Crippen molar-refractivity contribution in [3.05, 3.63) is 40.6 Å². The molecule has 0 unspecified atom stereocenters. The first-order valence-corrected chi connectivity index (χ1v) is 6.18. The van der Waals surface area contributed by atoms with Gasteiger partial charge in [0.15, 0.2) is 11.6 Å². The Balaban J connectivity index is 1.83. The molecule has 0 aromatic carbocycles. The fourth-order valence-corrected chi connectivity index (χ4v) is 2.38. The third kappa shape index (κ3) is 2.58. The number of rotatable bonds is 5. The standard InChI is InChI=1S/C12H14N2OS/c1-14-8-7-13-12(14)11(15)6-2-4-10-5-3-9-16-10/h3,5,7-9H,2,4,6H2,1H3. The van der Waals surface area contributed by atoms with Crippen molar-refractivity contribution in [3.8, 4) is 0 Å². The summed E-state index contributed by atoms with van der Waals surface area (Å²) >= 11 is 1.74. The van der Waals surface area contributed by atoms with Crippen molar-refractivity contribution in [2.75, 3.05) is 0 Å². The van der Waals surface area contributed by atoms with Gasteiger partial charge in [-0.1, -0.05) is 6.07 Å². The SMILES string of the molecule is Cn1ccnc1C(=O)CCCc1cccs1. The highest BCUT2D eigenvalue weighted by atomic mass is 32.1. The number of ketones is 1. The summed E-state index contributed by atoms with van der Waals surface area (Å²) in [5.41, 5.74) is 0. The van der Waals surface area contributed by atoms with Gasteiger partial charge in [0.25, 0.3) is 0 Å². The van der Waals surface area contributed by atoms with Crippen molar-refractivity contribution in [1.82, 2.24) is 9.55 Å². The summed E-state index contributed by atoms with van der Waals surface area (Å²) in [4.78, 5) is 17.2. The van der Waals surface area contributed by atoms with Gasteiger partial charge in [-0.25, -0.2) is 4.98 Å². The predicted octanol–water partition coefficient (Wildman–Crippen LogP) is 2.69. The zero-order valence-electron chi connectivity index (χ0n) is 9.22. The summed E-state index contributed by atoms with van der Waals surface area (Å²) in [7, 11) is 1.85. The first-order valence-electron chi connectivity index (χ1n) is 5.30. The zero-order chi connectivity index (χ0) is 11.4. The van der Waals surface area contributed by atoms with Crippen LogP contribution in [-0.4, -0.2) is 15.3 Å². The molecule has 3 nitrogen and oxygen atoms in total. The normalized spacial score (nSPS) is 10.6. The molecule has 0 fully saturated rings. The van der Waals surface area contributed by atoms with E-state index in [1.54, 1.807) is 28.3 Å². The van der Waals surface area contributed by atoms with Crippen molar-refractivity contribution in [3.63, 3.8) is 0 Å². The molecule has 0 saturated carbocycles. The highest BCUT2D eigenvalue weighted by Crippen LogP contribution is 2.13. The monoisotopic (exact) mass is 234 g/mol. The number of nitrogens with zero attached hydrogens (tertiary/aromatic N) is 2. The van der Waals surface area contributed by atoms with E-state index < -0.39 is 0 Å². The van der Waals surface area contributed by atoms with Gasteiger partial charge < -0.3 is 4.57 Å². The van der Waals surface area contributed by atoms with Crippen LogP contribution in [0, 0.1) is 0 Å². The summed E-state index contributed by atoms with van der Waals surface area (Å²) in [6, 6.07) is 4.15. The number of carbonyl (C=O) groups is 1. The smallest absolute Gasteiger partial charge is 0.198 e. The molecular weight excluding hydrogens is 220 g/mol. The van der Waals surface area contributed by atoms with Gasteiger partial charge in [-0.2, -0.15) is 0 Å². The molecule has 0 aliphatic rings. The van der Waals surface area contributed by atoms with Crippen LogP contribution in [0.1, 0.15) is 28.3 Å². The minimum atomic E-state index is 0.129. The van der Waals surface area contributed by atoms with E-state index >= 15 is 0 Å². The van der Waals surface area contributed by atoms with Crippen molar-refractivity contribution in [1.29, 1.82) is 0 Å². The number of Topliss-reactive ketones (excluding diaryl/α,β-unsaturated/α-hetero) is 1. The van der Waals surface area contributed by atoms with Gasteiger partial charge in [-0.15, -0.1) is 11.3 Å². The Morgan fingerprint density at radius 2 is 2.44 bits per heavy atom. The van der Waals surface area contributed by atoms with Crippen molar-refractivity contribution < 1.29 is 4.79 Å². The molecule has 0 bridgehead atoms. The van der Waals surface area contributed by atoms with Gasteiger partial charge in [0.2, 0.25) is 0 Å². The van der Waals surface area contributed by atoms with Crippen LogP contribution in [0.4, 0.5) is 0 Å². The molecule has 2 rings (SSSR count). The maximum absolute atomic E-state index is 11.8. The van der Waals surface area contributed by atoms with E-state index in [1.165, 1.54) is 4.88 Å². The number of aromatic nitrogens is 2. The summed E-state index contributed by atoms with van der Waals surface area (Å²) in [5.74, 6) is 0.690. The second kappa shape index (κ2) is 5.07. The Hall–Kier alpha value is -1.42. The molecule has 16 heavy (non-hydrogen) atoms. The van der Waals surface area contributed by atoms with E-state index in [0.717, 1.165) is 12.8 Å². The van der Waals surface area contributed by atoms with Crippen LogP contribution in [0.25, 0.3) is 0 Å². The Labute approximate surface area is 98.8 Å². The lowest BCUT2D eigenvalue weighted by atomic mass is 10.1. The molecule has 2 heterocycles. The number of aryl methyl sites for hydroxylation is 2. The fourth-order valence-electron chi connectivity index (χ4n) is 1.62. The zero-order valence-corrected chi connectivity index (χ0v) is 10.0. The van der Waals surface area contributed by atoms with Gasteiger partial charge in [0.1, 0.15) is 0 Å². The Bertz CT molecular complexity index is 459. The van der Waals surface area contributed by atoms with Gasteiger partial charge in [-0.05, 0) is 24.3 Å². The first kappa shape index (κ1) is 11.1. The lowest BCUT2D eigenvalue weighted by Gasteiger charge is -2.00. The molecule has 0 atom stereocenters. The quantitative estimate of drug-likeness (QED) is 0.745. The maximum atomic E-state index is 11.8. The highest BCUT2D eigenvalue weighted by Gasteiger charge is 2.10. The first-order chi connectivity index (χ1) is 7.77. The molecule has 84 valence electrons. The number of hydrogen-bond acceptors (Lipinski definition) is 3. The van der Waals surface area contributed by atoms with Crippen molar-refractivity contribution in [2.24, 2.45) is 7.05 Å². The van der Waals surface area contributed by atoms with E-state index in [4.69, 9.17) is 0 Å². The second-order valence-electron chi connectivity index (χ2n) is 3.72. The molecule has 0 spiro atoms. The predicted molar refractivity (Wildman–Crippen MR) is 64.8 cm³/mol. The molecule has 0 N–H and O–H groups in total. The number of imidazole rings is 1. The van der Waals surface area contributed by atoms with Crippen molar-refractivity contribution >= 4 is 17.1 Å². The highest BCUT2D eigenvalue weighted by molar-refractivity contribution is 7.09. The Morgan fingerprint density at radius 3 is 3.06 bits per heavy atom. The number of thiophene rings is 1. The second-order valence-corrected chi connectivity index (χ2v) is 4.75. The van der Waals surface area contributed by atoms with Crippen LogP contribution in [-0.2, 0) is 13.5 Å². The molecule has 0 aliphatic heterocycles. The van der Waals surface area contributed by atoms with Gasteiger partial charge in [0.05, 0.1) is 0 Å². The van der Waals surface area contributed by atoms with E-state index in [0.29, 0.717) is 12.2 Å². The third-order valence-corrected chi connectivity index (χ3v) is 3.41. The third-order valence-electron chi connectivity index (χ3n) is 2.48. The summed E-state index contributed by atoms with van der Waals surface area (Å²) < 4.78 is 1.77. The lowest BCUT2D eigenvalue weighted by molar-refractivity contribution is 0.0967. The van der Waals surface area contributed by atoms with Gasteiger partial charge in [0, 0.05) is 30.7 Å². The van der Waals surface area contributed by atoms with E-state index in [-0.39, 0.29) is 5.78 Å². The molecule has 2 aromatic rings. The minimum Gasteiger partial charge on any atom is -0.332 e. The number of hydrogen-bond donors (Lipinski definition) is 0. The summed E-state index contributed by atoms with van der Waals surface area (Å²) in [6.07, 6.45) is 5.90.